The highest BCUT2D eigenvalue weighted by molar-refractivity contribution is 5.80. The van der Waals surface area contributed by atoms with Gasteiger partial charge in [-0.25, -0.2) is 0 Å². The number of hydrazone groups is 1. The molecule has 0 aromatic heterocycles. The Morgan fingerprint density at radius 2 is 1.55 bits per heavy atom. The third-order valence-electron chi connectivity index (χ3n) is 4.54. The molecule has 3 aromatic rings. The molecule has 0 heterocycles. The normalized spacial score (nSPS) is 10.7. The second-order valence-corrected chi connectivity index (χ2v) is 6.70. The summed E-state index contributed by atoms with van der Waals surface area (Å²) >= 11 is 0. The summed E-state index contributed by atoms with van der Waals surface area (Å²) in [7, 11) is 3.24. The molecule has 0 aliphatic heterocycles. The fourth-order valence-corrected chi connectivity index (χ4v) is 2.98. The average molecular weight is 421 g/mol. The summed E-state index contributed by atoms with van der Waals surface area (Å²) < 4.78 is 22.3. The average Bonchev–Trinajstić information content (AvgIpc) is 2.82. The van der Waals surface area contributed by atoms with Crippen LogP contribution in [0.5, 0.6) is 23.0 Å². The van der Waals surface area contributed by atoms with Gasteiger partial charge in [0.1, 0.15) is 6.61 Å². The zero-order chi connectivity index (χ0) is 21.9. The van der Waals surface area contributed by atoms with Gasteiger partial charge < -0.3 is 24.4 Å². The maximum Gasteiger partial charge on any atom is 0.161 e. The van der Waals surface area contributed by atoms with Crippen LogP contribution in [0.4, 0.5) is 0 Å². The maximum atomic E-state index is 5.95. The largest absolute Gasteiger partial charge is 0.493 e. The summed E-state index contributed by atoms with van der Waals surface area (Å²) in [4.78, 5) is 0. The van der Waals surface area contributed by atoms with E-state index in [2.05, 4.69) is 10.5 Å². The molecule has 0 amide bonds. The van der Waals surface area contributed by atoms with E-state index in [-0.39, 0.29) is 0 Å². The Morgan fingerprint density at radius 1 is 0.774 bits per heavy atom. The molecule has 0 saturated heterocycles. The Kier molecular flexibility index (Phi) is 8.17. The number of benzene rings is 3. The van der Waals surface area contributed by atoms with Crippen LogP contribution in [-0.2, 0) is 13.2 Å². The molecular formula is C25H28N2O4. The molecule has 0 radical (unpaired) electrons. The van der Waals surface area contributed by atoms with Crippen LogP contribution in [0.1, 0.15) is 23.6 Å². The van der Waals surface area contributed by atoms with Crippen molar-refractivity contribution in [3.8, 4) is 23.0 Å². The molecule has 0 unspecified atom stereocenters. The number of rotatable bonds is 11. The van der Waals surface area contributed by atoms with Gasteiger partial charge in [-0.15, -0.1) is 0 Å². The smallest absolute Gasteiger partial charge is 0.161 e. The number of hydrogen-bond acceptors (Lipinski definition) is 6. The van der Waals surface area contributed by atoms with Gasteiger partial charge in [0.15, 0.2) is 23.0 Å². The van der Waals surface area contributed by atoms with Crippen LogP contribution in [0.15, 0.2) is 71.8 Å². The van der Waals surface area contributed by atoms with Crippen LogP contribution < -0.4 is 24.4 Å². The van der Waals surface area contributed by atoms with Crippen molar-refractivity contribution in [2.24, 2.45) is 5.10 Å². The van der Waals surface area contributed by atoms with Crippen molar-refractivity contribution < 1.29 is 18.9 Å². The van der Waals surface area contributed by atoms with Crippen molar-refractivity contribution in [2.75, 3.05) is 20.8 Å². The second kappa shape index (κ2) is 11.5. The predicted molar refractivity (Wildman–Crippen MR) is 122 cm³/mol. The van der Waals surface area contributed by atoms with E-state index in [0.29, 0.717) is 42.8 Å². The SMILES string of the molecule is CCOc1cc(/C=N/NCc2ccc(OC)c(OC)c2)ccc1OCc1ccccc1. The minimum atomic E-state index is 0.487. The Balaban J connectivity index is 1.60. The fourth-order valence-electron chi connectivity index (χ4n) is 2.98. The zero-order valence-corrected chi connectivity index (χ0v) is 18.1. The second-order valence-electron chi connectivity index (χ2n) is 6.70. The van der Waals surface area contributed by atoms with E-state index in [9.17, 15) is 0 Å². The first kappa shape index (κ1) is 22.0. The van der Waals surface area contributed by atoms with Crippen LogP contribution in [0.3, 0.4) is 0 Å². The van der Waals surface area contributed by atoms with E-state index in [1.807, 2.05) is 73.7 Å². The first-order valence-corrected chi connectivity index (χ1v) is 10.1. The first-order valence-electron chi connectivity index (χ1n) is 10.1. The molecule has 162 valence electrons. The summed E-state index contributed by atoms with van der Waals surface area (Å²) in [6.07, 6.45) is 1.75. The number of nitrogens with one attached hydrogen (secondary N) is 1. The quantitative estimate of drug-likeness (QED) is 0.356. The molecule has 31 heavy (non-hydrogen) atoms. The Bertz CT molecular complexity index is 990. The number of nitrogens with zero attached hydrogens (tertiary/aromatic N) is 1. The molecule has 0 aliphatic carbocycles. The van der Waals surface area contributed by atoms with Gasteiger partial charge in [-0.05, 0) is 53.9 Å². The lowest BCUT2D eigenvalue weighted by molar-refractivity contribution is 0.269. The summed E-state index contributed by atoms with van der Waals surface area (Å²) in [6.45, 7) is 3.56. The Hall–Kier alpha value is -3.67. The van der Waals surface area contributed by atoms with E-state index in [1.54, 1.807) is 20.4 Å². The number of methoxy groups -OCH3 is 2. The van der Waals surface area contributed by atoms with Gasteiger partial charge in [0.2, 0.25) is 0 Å². The molecule has 0 spiro atoms. The molecule has 3 rings (SSSR count). The van der Waals surface area contributed by atoms with Gasteiger partial charge >= 0.3 is 0 Å². The molecular weight excluding hydrogens is 392 g/mol. The van der Waals surface area contributed by atoms with Crippen LogP contribution in [-0.4, -0.2) is 27.0 Å². The van der Waals surface area contributed by atoms with Crippen LogP contribution in [0.2, 0.25) is 0 Å². The zero-order valence-electron chi connectivity index (χ0n) is 18.1. The molecule has 6 nitrogen and oxygen atoms in total. The van der Waals surface area contributed by atoms with Gasteiger partial charge in [-0.3, -0.25) is 0 Å². The molecule has 0 bridgehead atoms. The molecule has 0 fully saturated rings. The van der Waals surface area contributed by atoms with Gasteiger partial charge in [-0.2, -0.15) is 5.10 Å². The van der Waals surface area contributed by atoms with Crippen molar-refractivity contribution >= 4 is 6.21 Å². The summed E-state index contributed by atoms with van der Waals surface area (Å²) in [5.41, 5.74) is 6.11. The maximum absolute atomic E-state index is 5.95. The van der Waals surface area contributed by atoms with Crippen molar-refractivity contribution in [1.82, 2.24) is 5.43 Å². The van der Waals surface area contributed by atoms with Crippen LogP contribution in [0.25, 0.3) is 0 Å². The highest BCUT2D eigenvalue weighted by Crippen LogP contribution is 2.29. The number of hydrogen-bond donors (Lipinski definition) is 1. The lowest BCUT2D eigenvalue weighted by Crippen LogP contribution is -2.06. The Morgan fingerprint density at radius 3 is 2.29 bits per heavy atom. The predicted octanol–water partition coefficient (Wildman–Crippen LogP) is 4.81. The molecule has 0 aliphatic rings. The number of ether oxygens (including phenoxy) is 4. The van der Waals surface area contributed by atoms with E-state index in [4.69, 9.17) is 18.9 Å². The topological polar surface area (TPSA) is 61.3 Å². The van der Waals surface area contributed by atoms with Crippen molar-refractivity contribution in [3.05, 3.63) is 83.4 Å². The summed E-state index contributed by atoms with van der Waals surface area (Å²) in [5.74, 6) is 2.80. The van der Waals surface area contributed by atoms with Gasteiger partial charge in [0, 0.05) is 0 Å². The molecule has 0 saturated carbocycles. The minimum absolute atomic E-state index is 0.487. The molecule has 6 heteroatoms. The summed E-state index contributed by atoms with van der Waals surface area (Å²) in [6, 6.07) is 21.6. The van der Waals surface area contributed by atoms with Crippen molar-refractivity contribution in [2.45, 2.75) is 20.1 Å². The Labute approximate surface area is 183 Å². The van der Waals surface area contributed by atoms with E-state index in [0.717, 1.165) is 16.7 Å². The van der Waals surface area contributed by atoms with E-state index >= 15 is 0 Å². The monoisotopic (exact) mass is 420 g/mol. The summed E-state index contributed by atoms with van der Waals surface area (Å²) in [5, 5.41) is 4.32. The molecule has 0 atom stereocenters. The van der Waals surface area contributed by atoms with Crippen LogP contribution >= 0.6 is 0 Å². The molecule has 3 aromatic carbocycles. The van der Waals surface area contributed by atoms with Gasteiger partial charge in [0.05, 0.1) is 33.6 Å². The third kappa shape index (κ3) is 6.40. The van der Waals surface area contributed by atoms with Crippen LogP contribution in [0, 0.1) is 0 Å². The highest BCUT2D eigenvalue weighted by Gasteiger charge is 2.07. The van der Waals surface area contributed by atoms with Crippen molar-refractivity contribution in [1.29, 1.82) is 0 Å². The third-order valence-corrected chi connectivity index (χ3v) is 4.54. The molecule has 1 N–H and O–H groups in total. The first-order chi connectivity index (χ1) is 15.2. The van der Waals surface area contributed by atoms with Gasteiger partial charge in [-0.1, -0.05) is 36.4 Å². The minimum Gasteiger partial charge on any atom is -0.493 e. The van der Waals surface area contributed by atoms with E-state index < -0.39 is 0 Å². The van der Waals surface area contributed by atoms with E-state index in [1.165, 1.54) is 0 Å². The van der Waals surface area contributed by atoms with Gasteiger partial charge in [0.25, 0.3) is 0 Å². The highest BCUT2D eigenvalue weighted by atomic mass is 16.5. The fraction of sp³-hybridized carbons (Fsp3) is 0.240. The lowest BCUT2D eigenvalue weighted by Gasteiger charge is -2.12. The van der Waals surface area contributed by atoms with Crippen molar-refractivity contribution in [3.63, 3.8) is 0 Å². The standard InChI is InChI=1S/C25H28N2O4/c1-4-30-25-15-21(11-13-23(25)31-18-19-8-6-5-7-9-19)17-27-26-16-20-10-12-22(28-2)24(14-20)29-3/h5-15,17,26H,4,16,18H2,1-3H3/b27-17+. The lowest BCUT2D eigenvalue weighted by atomic mass is 10.2.